The van der Waals surface area contributed by atoms with Gasteiger partial charge in [-0.25, -0.2) is 13.6 Å². The molecule has 30 heavy (non-hydrogen) atoms. The molecule has 2 N–H and O–H groups in total. The molecule has 0 spiro atoms. The van der Waals surface area contributed by atoms with E-state index in [4.69, 9.17) is 9.88 Å². The zero-order valence-corrected chi connectivity index (χ0v) is 20.3. The van der Waals surface area contributed by atoms with E-state index in [-0.39, 0.29) is 18.1 Å². The average Bonchev–Trinajstić information content (AvgIpc) is 2.69. The van der Waals surface area contributed by atoms with Crippen molar-refractivity contribution in [2.45, 2.75) is 88.9 Å². The lowest BCUT2D eigenvalue weighted by molar-refractivity contribution is -0.139. The number of nitrogens with two attached hydrogens (primary N) is 1. The lowest BCUT2D eigenvalue weighted by Gasteiger charge is -2.14. The molecule has 0 atom stereocenters. The minimum atomic E-state index is -3.47. The molecule has 0 aliphatic rings. The van der Waals surface area contributed by atoms with Gasteiger partial charge in [-0.05, 0) is 30.0 Å². The molecule has 7 heteroatoms. The van der Waals surface area contributed by atoms with E-state index in [2.05, 4.69) is 6.92 Å². The van der Waals surface area contributed by atoms with Crippen LogP contribution in [0.15, 0.2) is 23.1 Å². The second kappa shape index (κ2) is 15.7. The molecule has 1 aromatic rings. The van der Waals surface area contributed by atoms with Crippen LogP contribution >= 0.6 is 11.8 Å². The standard InChI is InChI=1S/C23H39NO4S2/c1-3-4-5-6-7-8-9-10-11-12-15-21-20(19-23(25)28-2)14-13-16-22(21)29-17-18-30(24,26)27/h13-14,16H,3-12,15,17-19H2,1-2H3,(H2,24,26,27). The number of rotatable bonds is 17. The Morgan fingerprint density at radius 1 is 1.00 bits per heavy atom. The second-order valence-electron chi connectivity index (χ2n) is 7.79. The fourth-order valence-electron chi connectivity index (χ4n) is 3.48. The number of ether oxygens (including phenoxy) is 1. The van der Waals surface area contributed by atoms with Crippen molar-refractivity contribution in [3.63, 3.8) is 0 Å². The van der Waals surface area contributed by atoms with Crippen LogP contribution in [0.1, 0.15) is 82.3 Å². The number of thioether (sulfide) groups is 1. The number of carbonyl (C=O) groups excluding carboxylic acids is 1. The van der Waals surface area contributed by atoms with E-state index in [1.807, 2.05) is 18.2 Å². The number of esters is 1. The van der Waals surface area contributed by atoms with Gasteiger partial charge in [-0.15, -0.1) is 11.8 Å². The summed E-state index contributed by atoms with van der Waals surface area (Å²) in [5.74, 6) is 0.0910. The third-order valence-corrected chi connectivity index (χ3v) is 7.33. The quantitative estimate of drug-likeness (QED) is 0.196. The maximum absolute atomic E-state index is 11.8. The van der Waals surface area contributed by atoms with Gasteiger partial charge in [0, 0.05) is 10.6 Å². The maximum Gasteiger partial charge on any atom is 0.309 e. The molecule has 1 aromatic carbocycles. The van der Waals surface area contributed by atoms with Crippen LogP contribution in [0.5, 0.6) is 0 Å². The molecule has 1 rings (SSSR count). The zero-order valence-electron chi connectivity index (χ0n) is 18.7. The van der Waals surface area contributed by atoms with Gasteiger partial charge < -0.3 is 4.74 Å². The predicted molar refractivity (Wildman–Crippen MR) is 126 cm³/mol. The normalized spacial score (nSPS) is 11.6. The van der Waals surface area contributed by atoms with Gasteiger partial charge in [0.1, 0.15) is 0 Å². The van der Waals surface area contributed by atoms with Gasteiger partial charge in [0.25, 0.3) is 0 Å². The zero-order chi connectivity index (χ0) is 22.2. The van der Waals surface area contributed by atoms with E-state index >= 15 is 0 Å². The number of methoxy groups -OCH3 is 1. The van der Waals surface area contributed by atoms with Crippen LogP contribution in [-0.2, 0) is 32.4 Å². The highest BCUT2D eigenvalue weighted by molar-refractivity contribution is 8.00. The number of unbranched alkanes of at least 4 members (excludes halogenated alkanes) is 9. The molecule has 0 saturated heterocycles. The Balaban J connectivity index is 2.55. The Bertz CT molecular complexity index is 720. The molecule has 0 unspecified atom stereocenters. The van der Waals surface area contributed by atoms with Gasteiger partial charge in [0.15, 0.2) is 0 Å². The summed E-state index contributed by atoms with van der Waals surface area (Å²) in [6.07, 6.45) is 13.9. The fourth-order valence-corrected chi connectivity index (χ4v) is 5.55. The maximum atomic E-state index is 11.8. The molecule has 0 aliphatic heterocycles. The van der Waals surface area contributed by atoms with E-state index < -0.39 is 10.0 Å². The van der Waals surface area contributed by atoms with Crippen LogP contribution < -0.4 is 5.14 Å². The van der Waals surface area contributed by atoms with Crippen molar-refractivity contribution in [3.05, 3.63) is 29.3 Å². The topological polar surface area (TPSA) is 86.5 Å². The van der Waals surface area contributed by atoms with Gasteiger partial charge in [0.05, 0.1) is 19.3 Å². The molecular weight excluding hydrogens is 418 g/mol. The van der Waals surface area contributed by atoms with Gasteiger partial charge in [-0.3, -0.25) is 4.79 Å². The molecule has 0 aliphatic carbocycles. The second-order valence-corrected chi connectivity index (χ2v) is 10.7. The van der Waals surface area contributed by atoms with Gasteiger partial charge >= 0.3 is 5.97 Å². The minimum absolute atomic E-state index is 0.0589. The van der Waals surface area contributed by atoms with Crippen LogP contribution in [0.3, 0.4) is 0 Å². The Hall–Kier alpha value is -1.05. The molecule has 5 nitrogen and oxygen atoms in total. The minimum Gasteiger partial charge on any atom is -0.469 e. The van der Waals surface area contributed by atoms with Crippen molar-refractivity contribution in [1.82, 2.24) is 0 Å². The molecule has 0 radical (unpaired) electrons. The Morgan fingerprint density at radius 3 is 2.17 bits per heavy atom. The fraction of sp³-hybridized carbons (Fsp3) is 0.696. The van der Waals surface area contributed by atoms with Crippen molar-refractivity contribution in [1.29, 1.82) is 0 Å². The first kappa shape index (κ1) is 27.0. The smallest absolute Gasteiger partial charge is 0.309 e. The highest BCUT2D eigenvalue weighted by Gasteiger charge is 2.13. The summed E-state index contributed by atoms with van der Waals surface area (Å²) in [6.45, 7) is 2.24. The first-order chi connectivity index (χ1) is 14.4. The van der Waals surface area contributed by atoms with Gasteiger partial charge in [-0.1, -0.05) is 76.8 Å². The van der Waals surface area contributed by atoms with Gasteiger partial charge in [-0.2, -0.15) is 0 Å². The molecule has 0 heterocycles. The van der Waals surface area contributed by atoms with Crippen molar-refractivity contribution in [3.8, 4) is 0 Å². The average molecular weight is 458 g/mol. The van der Waals surface area contributed by atoms with Crippen molar-refractivity contribution in [2.75, 3.05) is 18.6 Å². The lowest BCUT2D eigenvalue weighted by atomic mass is 9.98. The van der Waals surface area contributed by atoms with Crippen LogP contribution in [0.2, 0.25) is 0 Å². The number of hydrogen-bond acceptors (Lipinski definition) is 5. The van der Waals surface area contributed by atoms with Crippen molar-refractivity contribution in [2.24, 2.45) is 5.14 Å². The first-order valence-corrected chi connectivity index (χ1v) is 13.9. The van der Waals surface area contributed by atoms with E-state index in [0.29, 0.717) is 5.75 Å². The van der Waals surface area contributed by atoms with Crippen LogP contribution in [0.25, 0.3) is 0 Å². The summed E-state index contributed by atoms with van der Waals surface area (Å²) in [7, 11) is -2.07. The molecule has 0 amide bonds. The van der Waals surface area contributed by atoms with Crippen LogP contribution in [-0.4, -0.2) is 33.0 Å². The van der Waals surface area contributed by atoms with E-state index in [1.54, 1.807) is 0 Å². The monoisotopic (exact) mass is 457 g/mol. The predicted octanol–water partition coefficient (Wildman–Crippen LogP) is 5.25. The van der Waals surface area contributed by atoms with E-state index in [1.165, 1.54) is 76.7 Å². The number of benzene rings is 1. The SMILES string of the molecule is CCCCCCCCCCCCc1c(CC(=O)OC)cccc1SCCS(N)(=O)=O. The van der Waals surface area contributed by atoms with E-state index in [0.717, 1.165) is 28.9 Å². The Labute approximate surface area is 187 Å². The molecule has 0 aromatic heterocycles. The summed E-state index contributed by atoms with van der Waals surface area (Å²) >= 11 is 1.49. The lowest BCUT2D eigenvalue weighted by Crippen LogP contribution is -2.18. The Kier molecular flexibility index (Phi) is 14.1. The molecule has 0 fully saturated rings. The largest absolute Gasteiger partial charge is 0.469 e. The molecule has 0 bridgehead atoms. The van der Waals surface area contributed by atoms with Crippen LogP contribution in [0, 0.1) is 0 Å². The number of hydrogen-bond donors (Lipinski definition) is 1. The Morgan fingerprint density at radius 2 is 1.60 bits per heavy atom. The summed E-state index contributed by atoms with van der Waals surface area (Å²) in [4.78, 5) is 12.8. The molecule has 172 valence electrons. The van der Waals surface area contributed by atoms with Crippen molar-refractivity contribution < 1.29 is 17.9 Å². The summed E-state index contributed by atoms with van der Waals surface area (Å²) in [6, 6.07) is 5.88. The van der Waals surface area contributed by atoms with Gasteiger partial charge in [0.2, 0.25) is 10.0 Å². The summed E-state index contributed by atoms with van der Waals surface area (Å²) in [5, 5.41) is 5.12. The van der Waals surface area contributed by atoms with Crippen molar-refractivity contribution >= 4 is 27.8 Å². The third-order valence-electron chi connectivity index (χ3n) is 5.20. The van der Waals surface area contributed by atoms with E-state index in [9.17, 15) is 13.2 Å². The summed E-state index contributed by atoms with van der Waals surface area (Å²) < 4.78 is 27.3. The molecule has 0 saturated carbocycles. The number of primary sulfonamides is 1. The number of carbonyl (C=O) groups is 1. The first-order valence-electron chi connectivity index (χ1n) is 11.2. The number of sulfonamides is 1. The summed E-state index contributed by atoms with van der Waals surface area (Å²) in [5.41, 5.74) is 2.11. The third kappa shape index (κ3) is 12.6. The highest BCUT2D eigenvalue weighted by atomic mass is 32.2. The highest BCUT2D eigenvalue weighted by Crippen LogP contribution is 2.28. The molecular formula is C23H39NO4S2. The van der Waals surface area contributed by atoms with Crippen LogP contribution in [0.4, 0.5) is 0 Å².